The topological polar surface area (TPSA) is 53.5 Å². The van der Waals surface area contributed by atoms with Crippen LogP contribution in [0.1, 0.15) is 31.4 Å². The van der Waals surface area contributed by atoms with E-state index in [1.165, 1.54) is 12.1 Å². The third kappa shape index (κ3) is 3.01. The van der Waals surface area contributed by atoms with Gasteiger partial charge in [-0.05, 0) is 31.0 Å². The molecule has 4 nitrogen and oxygen atoms in total. The summed E-state index contributed by atoms with van der Waals surface area (Å²) in [6.45, 7) is 4.13. The molecule has 1 amide bonds. The first kappa shape index (κ1) is 15.3. The van der Waals surface area contributed by atoms with E-state index in [4.69, 9.17) is 0 Å². The summed E-state index contributed by atoms with van der Waals surface area (Å²) in [4.78, 5) is 16.2. The van der Waals surface area contributed by atoms with Crippen molar-refractivity contribution in [3.8, 4) is 0 Å². The Labute approximate surface area is 120 Å². The van der Waals surface area contributed by atoms with Crippen LogP contribution in [0.3, 0.4) is 0 Å². The fraction of sp³-hybridized carbons (Fsp3) is 0.429. The zero-order valence-electron chi connectivity index (χ0n) is 11.7. The molecule has 1 aliphatic heterocycles. The second-order valence-electron chi connectivity index (χ2n) is 5.01. The third-order valence-electron chi connectivity index (χ3n) is 3.34. The lowest BCUT2D eigenvalue weighted by atomic mass is 9.91. The lowest BCUT2D eigenvalue weighted by Crippen LogP contribution is -2.40. The minimum atomic E-state index is -4.39. The Kier molecular flexibility index (Phi) is 3.93. The highest BCUT2D eigenvalue weighted by atomic mass is 19.4. The van der Waals surface area contributed by atoms with Crippen molar-refractivity contribution in [1.29, 1.82) is 0 Å². The van der Waals surface area contributed by atoms with E-state index < -0.39 is 17.3 Å². The monoisotopic (exact) mass is 299 g/mol. The Morgan fingerprint density at radius 2 is 1.86 bits per heavy atom. The van der Waals surface area contributed by atoms with Crippen LogP contribution in [0.4, 0.5) is 13.2 Å². The zero-order valence-corrected chi connectivity index (χ0v) is 11.7. The molecule has 1 fully saturated rings. The number of rotatable bonds is 3. The first-order valence-electron chi connectivity index (χ1n) is 6.59. The summed E-state index contributed by atoms with van der Waals surface area (Å²) < 4.78 is 37.7. The molecule has 0 aliphatic carbocycles. The van der Waals surface area contributed by atoms with E-state index in [9.17, 15) is 18.0 Å². The lowest BCUT2D eigenvalue weighted by molar-refractivity contribution is -0.137. The Balaban J connectivity index is 2.26. The predicted molar refractivity (Wildman–Crippen MR) is 72.7 cm³/mol. The molecular formula is C14H16F3N3O. The highest BCUT2D eigenvalue weighted by Gasteiger charge is 2.42. The minimum Gasteiger partial charge on any atom is -0.338 e. The average molecular weight is 299 g/mol. The minimum absolute atomic E-state index is 0.336. The van der Waals surface area contributed by atoms with Crippen LogP contribution in [0, 0.1) is 0 Å². The van der Waals surface area contributed by atoms with Gasteiger partial charge in [-0.1, -0.05) is 19.1 Å². The van der Waals surface area contributed by atoms with E-state index in [2.05, 4.69) is 15.6 Å². The number of nitrogens with one attached hydrogen (secondary N) is 2. The number of guanidine groups is 1. The first-order valence-corrected chi connectivity index (χ1v) is 6.59. The van der Waals surface area contributed by atoms with E-state index in [0.717, 1.165) is 18.6 Å². The van der Waals surface area contributed by atoms with Gasteiger partial charge in [-0.25, -0.2) is 0 Å². The van der Waals surface area contributed by atoms with Crippen LogP contribution in [0.5, 0.6) is 0 Å². The highest BCUT2D eigenvalue weighted by Crippen LogP contribution is 2.31. The van der Waals surface area contributed by atoms with Gasteiger partial charge in [0.15, 0.2) is 5.96 Å². The third-order valence-corrected chi connectivity index (χ3v) is 3.34. The normalized spacial score (nSPS) is 24.0. The number of amides is 1. The molecule has 21 heavy (non-hydrogen) atoms. The van der Waals surface area contributed by atoms with Crippen LogP contribution in [0.25, 0.3) is 0 Å². The average Bonchev–Trinajstić information content (AvgIpc) is 2.72. The highest BCUT2D eigenvalue weighted by molar-refractivity contribution is 6.09. The molecule has 0 saturated carbocycles. The second kappa shape index (κ2) is 5.38. The number of benzene rings is 1. The van der Waals surface area contributed by atoms with Crippen LogP contribution in [-0.4, -0.2) is 18.4 Å². The van der Waals surface area contributed by atoms with Crippen molar-refractivity contribution in [3.63, 3.8) is 0 Å². The molecular weight excluding hydrogens is 283 g/mol. The summed E-state index contributed by atoms with van der Waals surface area (Å²) in [6, 6.07) is 4.55. The summed E-state index contributed by atoms with van der Waals surface area (Å²) in [5.41, 5.74) is -1.40. The number of nitrogens with zero attached hydrogens (tertiary/aromatic N) is 1. The molecule has 0 bridgehead atoms. The molecule has 114 valence electrons. The first-order chi connectivity index (χ1) is 9.77. The van der Waals surface area contributed by atoms with Crippen LogP contribution in [-0.2, 0) is 16.5 Å². The maximum atomic E-state index is 12.6. The van der Waals surface area contributed by atoms with Crippen LogP contribution in [0.15, 0.2) is 29.3 Å². The summed E-state index contributed by atoms with van der Waals surface area (Å²) in [7, 11) is 0. The Morgan fingerprint density at radius 3 is 2.38 bits per heavy atom. The number of alkyl halides is 3. The SMILES string of the molecule is CCCN=C1NC(=O)C(C)(c2ccc(C(F)(F)F)cc2)N1. The van der Waals surface area contributed by atoms with E-state index in [1.807, 2.05) is 6.92 Å². The summed E-state index contributed by atoms with van der Waals surface area (Å²) in [5.74, 6) is 0.0151. The van der Waals surface area contributed by atoms with E-state index in [-0.39, 0.29) is 5.91 Å². The summed E-state index contributed by atoms with van der Waals surface area (Å²) >= 11 is 0. The van der Waals surface area contributed by atoms with Crippen molar-refractivity contribution < 1.29 is 18.0 Å². The lowest BCUT2D eigenvalue weighted by Gasteiger charge is -2.22. The predicted octanol–water partition coefficient (Wildman–Crippen LogP) is 2.41. The van der Waals surface area contributed by atoms with Gasteiger partial charge in [0.25, 0.3) is 5.91 Å². The molecule has 0 spiro atoms. The summed E-state index contributed by atoms with van der Waals surface area (Å²) in [6.07, 6.45) is -3.56. The fourth-order valence-electron chi connectivity index (χ4n) is 2.06. The second-order valence-corrected chi connectivity index (χ2v) is 5.01. The van der Waals surface area contributed by atoms with Crippen LogP contribution in [0.2, 0.25) is 0 Å². The van der Waals surface area contributed by atoms with Crippen LogP contribution < -0.4 is 10.6 Å². The van der Waals surface area contributed by atoms with Crippen molar-refractivity contribution >= 4 is 11.9 Å². The molecule has 0 aromatic heterocycles. The molecule has 0 radical (unpaired) electrons. The number of carbonyl (C=O) groups excluding carboxylic acids is 1. The van der Waals surface area contributed by atoms with Gasteiger partial charge in [-0.2, -0.15) is 13.2 Å². The molecule has 2 rings (SSSR count). The largest absolute Gasteiger partial charge is 0.416 e. The Morgan fingerprint density at radius 1 is 1.24 bits per heavy atom. The quantitative estimate of drug-likeness (QED) is 0.900. The van der Waals surface area contributed by atoms with Crippen LogP contribution >= 0.6 is 0 Å². The molecule has 2 N–H and O–H groups in total. The summed E-state index contributed by atoms with van der Waals surface area (Å²) in [5, 5.41) is 5.53. The maximum absolute atomic E-state index is 12.6. The van der Waals surface area contributed by atoms with Crippen molar-refractivity contribution in [2.24, 2.45) is 4.99 Å². The smallest absolute Gasteiger partial charge is 0.338 e. The molecule has 1 aromatic carbocycles. The van der Waals surface area contributed by atoms with E-state index in [0.29, 0.717) is 18.1 Å². The standard InChI is InChI=1S/C14H16F3N3O/c1-3-8-18-12-19-11(21)13(2,20-12)9-4-6-10(7-5-9)14(15,16)17/h4-7H,3,8H2,1-2H3,(H2,18,19,20,21). The molecule has 1 atom stereocenters. The van der Waals surface area contributed by atoms with Gasteiger partial charge < -0.3 is 5.32 Å². The van der Waals surface area contributed by atoms with Gasteiger partial charge in [0, 0.05) is 6.54 Å². The molecule has 1 heterocycles. The number of hydrogen-bond acceptors (Lipinski definition) is 2. The zero-order chi connectivity index (χ0) is 15.7. The molecule has 1 aromatic rings. The van der Waals surface area contributed by atoms with Crippen molar-refractivity contribution in [2.75, 3.05) is 6.54 Å². The van der Waals surface area contributed by atoms with Crippen molar-refractivity contribution in [3.05, 3.63) is 35.4 Å². The van der Waals surface area contributed by atoms with Gasteiger partial charge in [0.2, 0.25) is 0 Å². The van der Waals surface area contributed by atoms with Gasteiger partial charge in [0.1, 0.15) is 5.54 Å². The Bertz CT molecular complexity index is 566. The number of halogens is 3. The molecule has 1 unspecified atom stereocenters. The van der Waals surface area contributed by atoms with Gasteiger partial charge in [0.05, 0.1) is 5.56 Å². The Hall–Kier alpha value is -2.05. The van der Waals surface area contributed by atoms with Gasteiger partial charge in [-0.3, -0.25) is 15.1 Å². The van der Waals surface area contributed by atoms with E-state index >= 15 is 0 Å². The maximum Gasteiger partial charge on any atom is 0.416 e. The van der Waals surface area contributed by atoms with Gasteiger partial charge >= 0.3 is 6.18 Å². The molecule has 7 heteroatoms. The van der Waals surface area contributed by atoms with Gasteiger partial charge in [-0.15, -0.1) is 0 Å². The number of aliphatic imine (C=N–C) groups is 1. The van der Waals surface area contributed by atoms with E-state index in [1.54, 1.807) is 6.92 Å². The molecule has 1 aliphatic rings. The molecule has 1 saturated heterocycles. The number of carbonyl (C=O) groups is 1. The van der Waals surface area contributed by atoms with Crippen molar-refractivity contribution in [1.82, 2.24) is 10.6 Å². The van der Waals surface area contributed by atoms with Crippen molar-refractivity contribution in [2.45, 2.75) is 32.0 Å². The fourth-order valence-corrected chi connectivity index (χ4v) is 2.06. The number of hydrogen-bond donors (Lipinski definition) is 2.